The van der Waals surface area contributed by atoms with Crippen LogP contribution < -0.4 is 9.47 Å². The summed E-state index contributed by atoms with van der Waals surface area (Å²) in [4.78, 5) is 22.2. The van der Waals surface area contributed by atoms with Crippen molar-refractivity contribution in [2.75, 3.05) is 6.61 Å². The van der Waals surface area contributed by atoms with Gasteiger partial charge < -0.3 is 14.2 Å². The van der Waals surface area contributed by atoms with E-state index >= 15 is 0 Å². The summed E-state index contributed by atoms with van der Waals surface area (Å²) >= 11 is 0. The number of benzene rings is 3. The van der Waals surface area contributed by atoms with Crippen LogP contribution in [0.3, 0.4) is 0 Å². The van der Waals surface area contributed by atoms with Crippen molar-refractivity contribution in [3.63, 3.8) is 0 Å². The van der Waals surface area contributed by atoms with Crippen molar-refractivity contribution >= 4 is 11.7 Å². The van der Waals surface area contributed by atoms with Gasteiger partial charge in [-0.3, -0.25) is 14.9 Å². The minimum atomic E-state index is -4.77. The lowest BCUT2D eigenvalue weighted by Gasteiger charge is -2.14. The lowest BCUT2D eigenvalue weighted by Crippen LogP contribution is -2.16. The summed E-state index contributed by atoms with van der Waals surface area (Å²) in [5, 5.41) is 10.8. The van der Waals surface area contributed by atoms with Crippen LogP contribution in [-0.2, 0) is 22.6 Å². The summed E-state index contributed by atoms with van der Waals surface area (Å²) in [6, 6.07) is 16.7. The molecule has 0 amide bonds. The number of hydrogen-bond donors (Lipinski definition) is 0. The lowest BCUT2D eigenvalue weighted by atomic mass is 10.00. The van der Waals surface area contributed by atoms with Gasteiger partial charge in [0.25, 0.3) is 5.69 Å². The highest BCUT2D eigenvalue weighted by atomic mass is 19.4. The maximum atomic E-state index is 12.4. The van der Waals surface area contributed by atoms with E-state index in [1.807, 2.05) is 0 Å². The number of rotatable bonds is 10. The number of nitro groups is 1. The third-order valence-electron chi connectivity index (χ3n) is 4.93. The van der Waals surface area contributed by atoms with Gasteiger partial charge in [-0.15, -0.1) is 13.2 Å². The molecule has 0 aromatic heterocycles. The number of nitrogens with zero attached hydrogens (tertiary/aromatic N) is 1. The van der Waals surface area contributed by atoms with Gasteiger partial charge in [-0.1, -0.05) is 18.2 Å². The van der Waals surface area contributed by atoms with Gasteiger partial charge >= 0.3 is 12.3 Å². The Hall–Kier alpha value is -4.08. The van der Waals surface area contributed by atoms with E-state index in [2.05, 4.69) is 4.74 Å². The number of alkyl halides is 3. The molecule has 0 fully saturated rings. The molecule has 0 atom stereocenters. The zero-order chi connectivity index (χ0) is 25.4. The summed E-state index contributed by atoms with van der Waals surface area (Å²) in [5.74, 6) is -0.187. The Morgan fingerprint density at radius 1 is 0.971 bits per heavy atom. The van der Waals surface area contributed by atoms with Gasteiger partial charge in [0.1, 0.15) is 18.1 Å². The first kappa shape index (κ1) is 25.5. The quantitative estimate of drug-likeness (QED) is 0.190. The highest BCUT2D eigenvalue weighted by Crippen LogP contribution is 2.31. The maximum absolute atomic E-state index is 12.4. The Kier molecular flexibility index (Phi) is 8.30. The normalized spacial score (nSPS) is 11.1. The van der Waals surface area contributed by atoms with E-state index in [0.717, 1.165) is 5.56 Å². The van der Waals surface area contributed by atoms with Gasteiger partial charge in [0.2, 0.25) is 0 Å². The number of carbonyl (C=O) groups excluding carboxylic acids is 1. The molecular formula is C25H22F3NO6. The number of non-ortho nitro benzene ring substituents is 1. The number of esters is 1. The molecule has 0 unspecified atom stereocenters. The van der Waals surface area contributed by atoms with Crippen LogP contribution in [0.4, 0.5) is 18.9 Å². The first-order chi connectivity index (χ1) is 16.6. The molecule has 0 aliphatic rings. The van der Waals surface area contributed by atoms with Crippen LogP contribution >= 0.6 is 0 Å². The third-order valence-corrected chi connectivity index (χ3v) is 4.93. The molecule has 0 aliphatic heterocycles. The highest BCUT2D eigenvalue weighted by molar-refractivity contribution is 5.71. The third kappa shape index (κ3) is 7.73. The van der Waals surface area contributed by atoms with E-state index in [9.17, 15) is 28.1 Å². The molecule has 3 aromatic carbocycles. The van der Waals surface area contributed by atoms with E-state index in [0.29, 0.717) is 28.9 Å². The van der Waals surface area contributed by atoms with Crippen molar-refractivity contribution < 1.29 is 37.1 Å². The predicted octanol–water partition coefficient (Wildman–Crippen LogP) is 6.24. The number of nitro benzene ring substituents is 1. The van der Waals surface area contributed by atoms with Gasteiger partial charge in [0.05, 0.1) is 11.5 Å². The van der Waals surface area contributed by atoms with Crippen LogP contribution in [0.5, 0.6) is 11.5 Å². The number of aryl methyl sites for hydroxylation is 1. The first-order valence-corrected chi connectivity index (χ1v) is 10.7. The lowest BCUT2D eigenvalue weighted by molar-refractivity contribution is -0.384. The number of halogens is 3. The Morgan fingerprint density at radius 2 is 1.63 bits per heavy atom. The molecule has 3 rings (SSSR count). The molecular weight excluding hydrogens is 467 g/mol. The van der Waals surface area contributed by atoms with Crippen molar-refractivity contribution in [3.8, 4) is 22.6 Å². The Balaban J connectivity index is 1.80. The van der Waals surface area contributed by atoms with Crippen LogP contribution in [0.25, 0.3) is 11.1 Å². The first-order valence-electron chi connectivity index (χ1n) is 10.7. The van der Waals surface area contributed by atoms with E-state index in [1.54, 1.807) is 37.3 Å². The SMILES string of the molecule is CCOC(=O)CCc1cc(-c2ccc(OC(F)(F)F)cc2)ccc1OCc1ccc([N+](=O)[O-])cc1. The van der Waals surface area contributed by atoms with Gasteiger partial charge in [-0.25, -0.2) is 0 Å². The van der Waals surface area contributed by atoms with E-state index < -0.39 is 11.3 Å². The summed E-state index contributed by atoms with van der Waals surface area (Å²) in [6.07, 6.45) is -4.34. The minimum Gasteiger partial charge on any atom is -0.489 e. The summed E-state index contributed by atoms with van der Waals surface area (Å²) in [5.41, 5.74) is 2.76. The average molecular weight is 489 g/mol. The molecule has 0 saturated heterocycles. The average Bonchev–Trinajstić information content (AvgIpc) is 2.81. The van der Waals surface area contributed by atoms with Gasteiger partial charge in [0, 0.05) is 18.6 Å². The molecule has 0 heterocycles. The molecule has 0 saturated carbocycles. The van der Waals surface area contributed by atoms with Crippen molar-refractivity contribution in [1.82, 2.24) is 0 Å². The largest absolute Gasteiger partial charge is 0.573 e. The second kappa shape index (κ2) is 11.4. The zero-order valence-corrected chi connectivity index (χ0v) is 18.7. The van der Waals surface area contributed by atoms with E-state index in [-0.39, 0.29) is 37.0 Å². The van der Waals surface area contributed by atoms with Crippen molar-refractivity contribution in [2.45, 2.75) is 32.7 Å². The Morgan fingerprint density at radius 3 is 2.23 bits per heavy atom. The Labute approximate surface area is 199 Å². The molecule has 184 valence electrons. The van der Waals surface area contributed by atoms with Crippen molar-refractivity contribution in [3.05, 3.63) is 88.0 Å². The fraction of sp³-hybridized carbons (Fsp3) is 0.240. The molecule has 0 bridgehead atoms. The second-order valence-electron chi connectivity index (χ2n) is 7.41. The number of carbonyl (C=O) groups is 1. The van der Waals surface area contributed by atoms with Crippen LogP contribution in [0.2, 0.25) is 0 Å². The summed E-state index contributed by atoms with van der Waals surface area (Å²) < 4.78 is 52.1. The van der Waals surface area contributed by atoms with Crippen molar-refractivity contribution in [1.29, 1.82) is 0 Å². The topological polar surface area (TPSA) is 87.9 Å². The van der Waals surface area contributed by atoms with Crippen molar-refractivity contribution in [2.24, 2.45) is 0 Å². The molecule has 0 radical (unpaired) electrons. The van der Waals surface area contributed by atoms with Crippen LogP contribution in [0.15, 0.2) is 66.7 Å². The molecule has 0 spiro atoms. The number of hydrogen-bond acceptors (Lipinski definition) is 6. The maximum Gasteiger partial charge on any atom is 0.573 e. The molecule has 35 heavy (non-hydrogen) atoms. The highest BCUT2D eigenvalue weighted by Gasteiger charge is 2.31. The zero-order valence-electron chi connectivity index (χ0n) is 18.7. The second-order valence-corrected chi connectivity index (χ2v) is 7.41. The molecule has 0 aliphatic carbocycles. The van der Waals surface area contributed by atoms with E-state index in [1.165, 1.54) is 36.4 Å². The fourth-order valence-corrected chi connectivity index (χ4v) is 3.29. The molecule has 7 nitrogen and oxygen atoms in total. The predicted molar refractivity (Wildman–Crippen MR) is 121 cm³/mol. The Bertz CT molecular complexity index is 1160. The van der Waals surface area contributed by atoms with Gasteiger partial charge in [-0.05, 0) is 72.0 Å². The van der Waals surface area contributed by atoms with Gasteiger partial charge in [0.15, 0.2) is 0 Å². The van der Waals surface area contributed by atoms with Gasteiger partial charge in [-0.2, -0.15) is 0 Å². The standard InChI is InChI=1S/C25H22F3NO6/c1-2-33-24(30)14-8-20-15-19(18-5-11-22(12-6-18)35-25(26,27)28)7-13-23(20)34-16-17-3-9-21(10-4-17)29(31)32/h3-7,9-13,15H,2,8,14,16H2,1H3. The minimum absolute atomic E-state index is 0.0279. The van der Waals surface area contributed by atoms with E-state index in [4.69, 9.17) is 9.47 Å². The van der Waals surface area contributed by atoms with Crippen LogP contribution in [0, 0.1) is 10.1 Å². The molecule has 0 N–H and O–H groups in total. The fourth-order valence-electron chi connectivity index (χ4n) is 3.29. The smallest absolute Gasteiger partial charge is 0.489 e. The summed E-state index contributed by atoms with van der Waals surface area (Å²) in [7, 11) is 0. The van der Waals surface area contributed by atoms with Crippen LogP contribution in [-0.4, -0.2) is 23.9 Å². The van der Waals surface area contributed by atoms with Crippen LogP contribution in [0.1, 0.15) is 24.5 Å². The number of ether oxygens (including phenoxy) is 3. The monoisotopic (exact) mass is 489 g/mol. The summed E-state index contributed by atoms with van der Waals surface area (Å²) in [6.45, 7) is 2.12. The molecule has 3 aromatic rings. The molecule has 10 heteroatoms.